The highest BCUT2D eigenvalue weighted by Gasteiger charge is 2.17. The summed E-state index contributed by atoms with van der Waals surface area (Å²) in [5.41, 5.74) is 2.94. The van der Waals surface area contributed by atoms with Crippen LogP contribution in [0.4, 0.5) is 0 Å². The molecule has 0 saturated carbocycles. The lowest BCUT2D eigenvalue weighted by molar-refractivity contribution is 0.440. The third-order valence-electron chi connectivity index (χ3n) is 2.99. The number of halogens is 1. The molecule has 1 atom stereocenters. The van der Waals surface area contributed by atoms with Crippen molar-refractivity contribution in [3.8, 4) is 0 Å². The molecule has 0 spiro atoms. The molecule has 0 saturated heterocycles. The van der Waals surface area contributed by atoms with Gasteiger partial charge in [0.15, 0.2) is 0 Å². The van der Waals surface area contributed by atoms with Gasteiger partial charge in [0.05, 0.1) is 0 Å². The average molecular weight is 210 g/mol. The number of hydrogen-bond donors (Lipinski definition) is 1. The van der Waals surface area contributed by atoms with Gasteiger partial charge in [0.25, 0.3) is 0 Å². The first-order chi connectivity index (χ1) is 6.79. The Morgan fingerprint density at radius 3 is 3.07 bits per heavy atom. The summed E-state index contributed by atoms with van der Waals surface area (Å²) in [6.45, 7) is 1.12. The normalized spacial score (nSPS) is 20.6. The van der Waals surface area contributed by atoms with Crippen molar-refractivity contribution < 1.29 is 0 Å². The van der Waals surface area contributed by atoms with Gasteiger partial charge in [-0.15, -0.1) is 0 Å². The minimum atomic E-state index is 0.783. The van der Waals surface area contributed by atoms with E-state index in [0.717, 1.165) is 17.5 Å². The standard InChI is InChI=1S/C12H16ClN/c1-14-8-9-2-3-10-4-5-12(13)7-11(10)6-9/h4-5,7,9,14H,2-3,6,8H2,1H3. The van der Waals surface area contributed by atoms with Crippen molar-refractivity contribution >= 4 is 11.6 Å². The van der Waals surface area contributed by atoms with E-state index in [1.54, 1.807) is 0 Å². The van der Waals surface area contributed by atoms with Crippen LogP contribution in [0.1, 0.15) is 17.5 Å². The van der Waals surface area contributed by atoms with Crippen molar-refractivity contribution in [3.05, 3.63) is 34.3 Å². The van der Waals surface area contributed by atoms with Crippen LogP contribution < -0.4 is 5.32 Å². The van der Waals surface area contributed by atoms with E-state index in [1.807, 2.05) is 13.1 Å². The minimum Gasteiger partial charge on any atom is -0.319 e. The third-order valence-corrected chi connectivity index (χ3v) is 3.23. The van der Waals surface area contributed by atoms with Gasteiger partial charge in [0, 0.05) is 5.02 Å². The first-order valence-electron chi connectivity index (χ1n) is 5.21. The monoisotopic (exact) mass is 209 g/mol. The molecule has 1 aromatic rings. The summed E-state index contributed by atoms with van der Waals surface area (Å²) in [6.07, 6.45) is 3.69. The number of fused-ring (bicyclic) bond motifs is 1. The lowest BCUT2D eigenvalue weighted by Gasteiger charge is -2.24. The molecule has 0 aromatic heterocycles. The lowest BCUT2D eigenvalue weighted by Crippen LogP contribution is -2.24. The maximum atomic E-state index is 5.99. The predicted octanol–water partition coefficient (Wildman–Crippen LogP) is 2.66. The van der Waals surface area contributed by atoms with Crippen molar-refractivity contribution in [1.82, 2.24) is 5.32 Å². The second-order valence-electron chi connectivity index (χ2n) is 4.08. The Bertz CT molecular complexity index is 322. The topological polar surface area (TPSA) is 12.0 Å². The summed E-state index contributed by atoms with van der Waals surface area (Å²) in [6, 6.07) is 6.30. The van der Waals surface area contributed by atoms with Crippen molar-refractivity contribution in [2.24, 2.45) is 5.92 Å². The van der Waals surface area contributed by atoms with Crippen molar-refractivity contribution in [2.75, 3.05) is 13.6 Å². The molecule has 1 aromatic carbocycles. The Morgan fingerprint density at radius 1 is 1.43 bits per heavy atom. The molecular formula is C12H16ClN. The lowest BCUT2D eigenvalue weighted by atomic mass is 9.84. The number of benzene rings is 1. The third kappa shape index (κ3) is 2.10. The summed E-state index contributed by atoms with van der Waals surface area (Å²) in [5.74, 6) is 0.783. The maximum Gasteiger partial charge on any atom is 0.0408 e. The summed E-state index contributed by atoms with van der Waals surface area (Å²) < 4.78 is 0. The van der Waals surface area contributed by atoms with Crippen LogP contribution in [0.25, 0.3) is 0 Å². The first-order valence-corrected chi connectivity index (χ1v) is 5.59. The van der Waals surface area contributed by atoms with Crippen LogP contribution in [0.15, 0.2) is 18.2 Å². The zero-order valence-electron chi connectivity index (χ0n) is 8.52. The molecule has 0 heterocycles. The van der Waals surface area contributed by atoms with Crippen LogP contribution in [0.3, 0.4) is 0 Å². The van der Waals surface area contributed by atoms with Crippen LogP contribution in [-0.2, 0) is 12.8 Å². The molecule has 2 rings (SSSR count). The summed E-state index contributed by atoms with van der Waals surface area (Å²) in [7, 11) is 2.02. The van der Waals surface area contributed by atoms with Gasteiger partial charge in [-0.25, -0.2) is 0 Å². The largest absolute Gasteiger partial charge is 0.319 e. The quantitative estimate of drug-likeness (QED) is 0.790. The SMILES string of the molecule is CNCC1CCc2ccc(Cl)cc2C1. The number of nitrogens with one attached hydrogen (secondary N) is 1. The van der Waals surface area contributed by atoms with E-state index in [4.69, 9.17) is 11.6 Å². The molecule has 1 aliphatic carbocycles. The number of aryl methyl sites for hydroxylation is 1. The van der Waals surface area contributed by atoms with Crippen LogP contribution in [0, 0.1) is 5.92 Å². The smallest absolute Gasteiger partial charge is 0.0408 e. The highest BCUT2D eigenvalue weighted by Crippen LogP contribution is 2.27. The molecule has 14 heavy (non-hydrogen) atoms. The molecule has 1 N–H and O–H groups in total. The Labute approximate surface area is 90.5 Å². The van der Waals surface area contributed by atoms with Gasteiger partial charge in [-0.2, -0.15) is 0 Å². The minimum absolute atomic E-state index is 0.783. The molecule has 0 amide bonds. The van der Waals surface area contributed by atoms with Gasteiger partial charge < -0.3 is 5.32 Å². The molecule has 0 radical (unpaired) electrons. The second-order valence-corrected chi connectivity index (χ2v) is 4.52. The van der Waals surface area contributed by atoms with Crippen LogP contribution in [0.2, 0.25) is 5.02 Å². The number of hydrogen-bond acceptors (Lipinski definition) is 1. The predicted molar refractivity (Wildman–Crippen MR) is 60.9 cm³/mol. The van der Waals surface area contributed by atoms with Crippen LogP contribution in [-0.4, -0.2) is 13.6 Å². The van der Waals surface area contributed by atoms with E-state index in [9.17, 15) is 0 Å². The highest BCUT2D eigenvalue weighted by molar-refractivity contribution is 6.30. The average Bonchev–Trinajstić information content (AvgIpc) is 2.17. The maximum absolute atomic E-state index is 5.99. The zero-order valence-corrected chi connectivity index (χ0v) is 9.27. The summed E-state index contributed by atoms with van der Waals surface area (Å²) in [4.78, 5) is 0. The van der Waals surface area contributed by atoms with Crippen molar-refractivity contribution in [2.45, 2.75) is 19.3 Å². The molecule has 1 aliphatic rings. The van der Waals surface area contributed by atoms with Gasteiger partial charge in [-0.3, -0.25) is 0 Å². The first kappa shape index (κ1) is 10.0. The van der Waals surface area contributed by atoms with E-state index in [1.165, 1.54) is 30.4 Å². The Morgan fingerprint density at radius 2 is 2.29 bits per heavy atom. The van der Waals surface area contributed by atoms with Gasteiger partial charge in [-0.05, 0) is 62.0 Å². The highest BCUT2D eigenvalue weighted by atomic mass is 35.5. The molecule has 1 unspecified atom stereocenters. The van der Waals surface area contributed by atoms with Gasteiger partial charge in [0.2, 0.25) is 0 Å². The fourth-order valence-electron chi connectivity index (χ4n) is 2.26. The Hall–Kier alpha value is -0.530. The van der Waals surface area contributed by atoms with E-state index in [0.29, 0.717) is 0 Å². The van der Waals surface area contributed by atoms with Gasteiger partial charge >= 0.3 is 0 Å². The second kappa shape index (κ2) is 4.33. The summed E-state index contributed by atoms with van der Waals surface area (Å²) >= 11 is 5.99. The molecule has 0 bridgehead atoms. The molecule has 0 fully saturated rings. The molecule has 0 aliphatic heterocycles. The van der Waals surface area contributed by atoms with Crippen molar-refractivity contribution in [3.63, 3.8) is 0 Å². The molecule has 76 valence electrons. The van der Waals surface area contributed by atoms with E-state index >= 15 is 0 Å². The van der Waals surface area contributed by atoms with E-state index in [2.05, 4.69) is 17.4 Å². The number of rotatable bonds is 2. The van der Waals surface area contributed by atoms with Crippen LogP contribution in [0.5, 0.6) is 0 Å². The fraction of sp³-hybridized carbons (Fsp3) is 0.500. The van der Waals surface area contributed by atoms with Gasteiger partial charge in [0.1, 0.15) is 0 Å². The van der Waals surface area contributed by atoms with Gasteiger partial charge in [-0.1, -0.05) is 17.7 Å². The Balaban J connectivity index is 2.16. The Kier molecular flexibility index (Phi) is 3.09. The van der Waals surface area contributed by atoms with Crippen LogP contribution >= 0.6 is 11.6 Å². The van der Waals surface area contributed by atoms with Crippen molar-refractivity contribution in [1.29, 1.82) is 0 Å². The fourth-order valence-corrected chi connectivity index (χ4v) is 2.46. The summed E-state index contributed by atoms with van der Waals surface area (Å²) in [5, 5.41) is 4.12. The molecule has 1 nitrogen and oxygen atoms in total. The molecular weight excluding hydrogens is 194 g/mol. The molecule has 2 heteroatoms. The zero-order chi connectivity index (χ0) is 9.97. The van der Waals surface area contributed by atoms with E-state index < -0.39 is 0 Å². The van der Waals surface area contributed by atoms with E-state index in [-0.39, 0.29) is 0 Å².